The number of halogens is 1. The second kappa shape index (κ2) is 10.1. The van der Waals surface area contributed by atoms with Gasteiger partial charge in [0.15, 0.2) is 0 Å². The van der Waals surface area contributed by atoms with E-state index in [4.69, 9.17) is 11.6 Å². The first-order chi connectivity index (χ1) is 15.5. The highest BCUT2D eigenvalue weighted by atomic mass is 35.5. The molecule has 0 unspecified atom stereocenters. The summed E-state index contributed by atoms with van der Waals surface area (Å²) >= 11 is 8.95. The third-order valence-electron chi connectivity index (χ3n) is 4.67. The fourth-order valence-electron chi connectivity index (χ4n) is 3.03. The van der Waals surface area contributed by atoms with Gasteiger partial charge in [-0.3, -0.25) is 9.59 Å². The van der Waals surface area contributed by atoms with Gasteiger partial charge in [-0.15, -0.1) is 22.7 Å². The second-order valence-electron chi connectivity index (χ2n) is 7.22. The smallest absolute Gasteiger partial charge is 0.255 e. The number of carbonyl (C=O) groups excluding carboxylic acids is 2. The first-order valence-corrected chi connectivity index (χ1v) is 12.0. The number of benzene rings is 2. The molecule has 0 aliphatic carbocycles. The SMILES string of the molecule is Cc1ccc(C(=O)Nc2cccc(CNC(=O)Cc3csc(-c4ccc(Cl)s4)n3)c2)cc1. The van der Waals surface area contributed by atoms with Gasteiger partial charge in [0.25, 0.3) is 5.91 Å². The Morgan fingerprint density at radius 2 is 1.88 bits per heavy atom. The van der Waals surface area contributed by atoms with Gasteiger partial charge in [0.1, 0.15) is 5.01 Å². The van der Waals surface area contributed by atoms with Crippen molar-refractivity contribution in [1.29, 1.82) is 0 Å². The Morgan fingerprint density at radius 3 is 2.62 bits per heavy atom. The molecule has 4 aromatic rings. The highest BCUT2D eigenvalue weighted by Crippen LogP contribution is 2.32. The highest BCUT2D eigenvalue weighted by molar-refractivity contribution is 7.23. The van der Waals surface area contributed by atoms with Crippen LogP contribution < -0.4 is 10.6 Å². The van der Waals surface area contributed by atoms with E-state index in [-0.39, 0.29) is 18.2 Å². The molecule has 5 nitrogen and oxygen atoms in total. The number of aryl methyl sites for hydroxylation is 1. The summed E-state index contributed by atoms with van der Waals surface area (Å²) in [6, 6.07) is 18.6. The molecule has 2 amide bonds. The van der Waals surface area contributed by atoms with Gasteiger partial charge in [0, 0.05) is 23.2 Å². The number of rotatable bonds is 7. The van der Waals surface area contributed by atoms with Crippen molar-refractivity contribution in [2.24, 2.45) is 0 Å². The first kappa shape index (κ1) is 22.2. The van der Waals surface area contributed by atoms with Crippen molar-refractivity contribution in [3.63, 3.8) is 0 Å². The van der Waals surface area contributed by atoms with E-state index in [0.717, 1.165) is 26.7 Å². The number of hydrogen-bond acceptors (Lipinski definition) is 5. The third-order valence-corrected chi connectivity index (χ3v) is 6.96. The number of hydrogen-bond donors (Lipinski definition) is 2. The van der Waals surface area contributed by atoms with Crippen LogP contribution in [0.25, 0.3) is 9.88 Å². The molecule has 0 atom stereocenters. The zero-order chi connectivity index (χ0) is 22.5. The summed E-state index contributed by atoms with van der Waals surface area (Å²) in [4.78, 5) is 30.3. The molecule has 0 bridgehead atoms. The molecule has 0 aliphatic heterocycles. The van der Waals surface area contributed by atoms with E-state index in [1.807, 2.05) is 60.8 Å². The number of nitrogens with one attached hydrogen (secondary N) is 2. The molecule has 8 heteroatoms. The Kier molecular flexibility index (Phi) is 6.99. The third kappa shape index (κ3) is 5.82. The predicted molar refractivity (Wildman–Crippen MR) is 132 cm³/mol. The Hall–Kier alpha value is -3.00. The number of thiazole rings is 1. The first-order valence-electron chi connectivity index (χ1n) is 9.90. The largest absolute Gasteiger partial charge is 0.352 e. The fourth-order valence-corrected chi connectivity index (χ4v) is 4.96. The van der Waals surface area contributed by atoms with Gasteiger partial charge in [-0.25, -0.2) is 4.98 Å². The molecule has 32 heavy (non-hydrogen) atoms. The molecule has 4 rings (SSSR count). The van der Waals surface area contributed by atoms with Crippen LogP contribution in [0.3, 0.4) is 0 Å². The molecule has 0 saturated heterocycles. The van der Waals surface area contributed by atoms with Crippen molar-refractivity contribution < 1.29 is 9.59 Å². The van der Waals surface area contributed by atoms with Crippen molar-refractivity contribution >= 4 is 51.8 Å². The van der Waals surface area contributed by atoms with E-state index in [9.17, 15) is 9.59 Å². The summed E-state index contributed by atoms with van der Waals surface area (Å²) in [7, 11) is 0. The van der Waals surface area contributed by atoms with Gasteiger partial charge >= 0.3 is 0 Å². The van der Waals surface area contributed by atoms with Crippen molar-refractivity contribution in [1.82, 2.24) is 10.3 Å². The zero-order valence-corrected chi connectivity index (χ0v) is 19.6. The highest BCUT2D eigenvalue weighted by Gasteiger charge is 2.11. The Labute approximate surface area is 199 Å². The molecule has 2 N–H and O–H groups in total. The van der Waals surface area contributed by atoms with Gasteiger partial charge in [0.2, 0.25) is 5.91 Å². The zero-order valence-electron chi connectivity index (χ0n) is 17.2. The van der Waals surface area contributed by atoms with E-state index < -0.39 is 0 Å². The Bertz CT molecular complexity index is 1250. The van der Waals surface area contributed by atoms with Gasteiger partial charge in [-0.2, -0.15) is 0 Å². The predicted octanol–water partition coefficient (Wildman–Crippen LogP) is 5.94. The molecular formula is C24H20ClN3O2S2. The lowest BCUT2D eigenvalue weighted by Crippen LogP contribution is -2.24. The van der Waals surface area contributed by atoms with E-state index in [2.05, 4.69) is 15.6 Å². The average Bonchev–Trinajstić information content (AvgIpc) is 3.42. The maximum Gasteiger partial charge on any atom is 0.255 e. The number of aromatic nitrogens is 1. The summed E-state index contributed by atoms with van der Waals surface area (Å²) in [6.45, 7) is 2.34. The fraction of sp³-hybridized carbons (Fsp3) is 0.125. The minimum absolute atomic E-state index is 0.111. The Morgan fingerprint density at radius 1 is 1.06 bits per heavy atom. The average molecular weight is 482 g/mol. The van der Waals surface area contributed by atoms with E-state index in [1.165, 1.54) is 22.7 Å². The Balaban J connectivity index is 1.31. The maximum absolute atomic E-state index is 12.4. The van der Waals surface area contributed by atoms with Gasteiger partial charge < -0.3 is 10.6 Å². The summed E-state index contributed by atoms with van der Waals surface area (Å²) in [6.07, 6.45) is 0.208. The minimum atomic E-state index is -0.169. The summed E-state index contributed by atoms with van der Waals surface area (Å²) in [5, 5.41) is 8.57. The summed E-state index contributed by atoms with van der Waals surface area (Å²) in [5.41, 5.74) is 4.00. The van der Waals surface area contributed by atoms with Crippen LogP contribution in [0.4, 0.5) is 5.69 Å². The lowest BCUT2D eigenvalue weighted by atomic mass is 10.1. The van der Waals surface area contributed by atoms with Gasteiger partial charge in [0.05, 0.1) is 21.3 Å². The van der Waals surface area contributed by atoms with Crippen molar-refractivity contribution in [3.8, 4) is 9.88 Å². The van der Waals surface area contributed by atoms with Gasteiger partial charge in [-0.05, 0) is 48.9 Å². The molecule has 2 aromatic carbocycles. The molecule has 0 aliphatic rings. The van der Waals surface area contributed by atoms with Crippen LogP contribution >= 0.6 is 34.3 Å². The lowest BCUT2D eigenvalue weighted by Gasteiger charge is -2.09. The maximum atomic E-state index is 12.4. The van der Waals surface area contributed by atoms with Crippen LogP contribution in [-0.4, -0.2) is 16.8 Å². The van der Waals surface area contributed by atoms with Crippen LogP contribution in [0, 0.1) is 6.92 Å². The van der Waals surface area contributed by atoms with E-state index in [1.54, 1.807) is 12.1 Å². The molecule has 2 aromatic heterocycles. The van der Waals surface area contributed by atoms with E-state index in [0.29, 0.717) is 22.1 Å². The van der Waals surface area contributed by atoms with Crippen molar-refractivity contribution in [2.75, 3.05) is 5.32 Å². The van der Waals surface area contributed by atoms with Crippen LogP contribution in [-0.2, 0) is 17.8 Å². The number of carbonyl (C=O) groups is 2. The monoisotopic (exact) mass is 481 g/mol. The molecule has 2 heterocycles. The van der Waals surface area contributed by atoms with Crippen molar-refractivity contribution in [2.45, 2.75) is 19.9 Å². The van der Waals surface area contributed by atoms with Crippen LogP contribution in [0.5, 0.6) is 0 Å². The van der Waals surface area contributed by atoms with Crippen LogP contribution in [0.1, 0.15) is 27.2 Å². The normalized spacial score (nSPS) is 10.7. The van der Waals surface area contributed by atoms with Crippen LogP contribution in [0.2, 0.25) is 4.34 Å². The van der Waals surface area contributed by atoms with E-state index >= 15 is 0 Å². The molecule has 0 radical (unpaired) electrons. The molecule has 162 valence electrons. The lowest BCUT2D eigenvalue weighted by molar-refractivity contribution is -0.120. The van der Waals surface area contributed by atoms with Crippen LogP contribution in [0.15, 0.2) is 66.0 Å². The number of thiophene rings is 1. The second-order valence-corrected chi connectivity index (χ2v) is 9.79. The molecular weight excluding hydrogens is 462 g/mol. The molecule has 0 fully saturated rings. The summed E-state index contributed by atoms with van der Waals surface area (Å²) < 4.78 is 0.715. The summed E-state index contributed by atoms with van der Waals surface area (Å²) in [5.74, 6) is -0.280. The molecule has 0 spiro atoms. The molecule has 0 saturated carbocycles. The standard InChI is InChI=1S/C24H20ClN3O2S2/c1-15-5-7-17(8-6-15)23(30)27-18-4-2-3-16(11-18)13-26-22(29)12-19-14-31-24(28-19)20-9-10-21(25)32-20/h2-11,14H,12-13H2,1H3,(H,26,29)(H,27,30). The minimum Gasteiger partial charge on any atom is -0.352 e. The number of nitrogens with zero attached hydrogens (tertiary/aromatic N) is 1. The topological polar surface area (TPSA) is 71.1 Å². The number of anilines is 1. The van der Waals surface area contributed by atoms with Crippen molar-refractivity contribution in [3.05, 3.63) is 92.8 Å². The quantitative estimate of drug-likeness (QED) is 0.343. The van der Waals surface area contributed by atoms with Gasteiger partial charge in [-0.1, -0.05) is 41.4 Å². The number of amides is 2.